The number of nitrogens with zero attached hydrogens (tertiary/aromatic N) is 3. The second kappa shape index (κ2) is 5.31. The predicted octanol–water partition coefficient (Wildman–Crippen LogP) is 3.36. The van der Waals surface area contributed by atoms with E-state index in [2.05, 4.69) is 9.97 Å². The minimum Gasteiger partial charge on any atom is -0.504 e. The molecule has 0 bridgehead atoms. The first-order valence-corrected chi connectivity index (χ1v) is 6.44. The first kappa shape index (κ1) is 14.9. The minimum absolute atomic E-state index is 0.248. The maximum absolute atomic E-state index is 12.6. The van der Waals surface area contributed by atoms with Crippen molar-refractivity contribution in [3.8, 4) is 28.6 Å². The van der Waals surface area contributed by atoms with Gasteiger partial charge in [0, 0.05) is 11.8 Å². The lowest BCUT2D eigenvalue weighted by atomic mass is 10.1. The molecular weight excluding hydrogens is 311 g/mol. The highest BCUT2D eigenvalue weighted by Gasteiger charge is 2.30. The first-order chi connectivity index (χ1) is 10.9. The summed E-state index contributed by atoms with van der Waals surface area (Å²) in [5, 5.41) is 18.9. The number of pyridine rings is 1. The number of aromatic nitrogens is 3. The molecule has 2 aromatic heterocycles. The number of phenols is 2. The third-order valence-corrected chi connectivity index (χ3v) is 3.23. The Balaban J connectivity index is 2.02. The number of alkyl halides is 3. The zero-order chi connectivity index (χ0) is 16.6. The van der Waals surface area contributed by atoms with Crippen LogP contribution in [-0.2, 0) is 6.18 Å². The molecule has 0 saturated heterocycles. The van der Waals surface area contributed by atoms with E-state index in [1.165, 1.54) is 35.3 Å². The Labute approximate surface area is 128 Å². The maximum atomic E-state index is 12.6. The van der Waals surface area contributed by atoms with Crippen molar-refractivity contribution in [2.24, 2.45) is 0 Å². The molecule has 2 N–H and O–H groups in total. The summed E-state index contributed by atoms with van der Waals surface area (Å²) in [6.07, 6.45) is -0.834. The topological polar surface area (TPSA) is 71.2 Å². The molecule has 5 nitrogen and oxygen atoms in total. The average molecular weight is 321 g/mol. The standard InChI is InChI=1S/C15H10F3N3O2/c16-15(17,18)10-2-4-14(20-6-10)21-8-19-7-11(21)9-1-3-12(22)13(23)5-9/h1-8,22-23H. The van der Waals surface area contributed by atoms with E-state index in [0.717, 1.165) is 12.3 Å². The Morgan fingerprint density at radius 1 is 0.957 bits per heavy atom. The van der Waals surface area contributed by atoms with Crippen LogP contribution in [0.4, 0.5) is 13.2 Å². The molecule has 0 aliphatic carbocycles. The number of halogens is 3. The summed E-state index contributed by atoms with van der Waals surface area (Å²) in [7, 11) is 0. The number of hydrogen-bond donors (Lipinski definition) is 2. The van der Waals surface area contributed by atoms with Gasteiger partial charge in [0.15, 0.2) is 11.5 Å². The Hall–Kier alpha value is -3.03. The zero-order valence-electron chi connectivity index (χ0n) is 11.5. The quantitative estimate of drug-likeness (QED) is 0.710. The van der Waals surface area contributed by atoms with E-state index in [0.29, 0.717) is 11.3 Å². The van der Waals surface area contributed by atoms with Crippen LogP contribution in [-0.4, -0.2) is 24.7 Å². The fraction of sp³-hybridized carbons (Fsp3) is 0.0667. The van der Waals surface area contributed by atoms with Gasteiger partial charge >= 0.3 is 6.18 Å². The van der Waals surface area contributed by atoms with Gasteiger partial charge in [-0.25, -0.2) is 9.97 Å². The van der Waals surface area contributed by atoms with Gasteiger partial charge in [-0.2, -0.15) is 13.2 Å². The van der Waals surface area contributed by atoms with Crippen molar-refractivity contribution in [3.05, 3.63) is 54.6 Å². The van der Waals surface area contributed by atoms with Crippen LogP contribution in [0.15, 0.2) is 49.1 Å². The molecule has 2 heterocycles. The van der Waals surface area contributed by atoms with Gasteiger partial charge in [-0.15, -0.1) is 0 Å². The van der Waals surface area contributed by atoms with E-state index in [4.69, 9.17) is 0 Å². The smallest absolute Gasteiger partial charge is 0.417 e. The van der Waals surface area contributed by atoms with E-state index in [1.807, 2.05) is 0 Å². The van der Waals surface area contributed by atoms with E-state index >= 15 is 0 Å². The SMILES string of the molecule is Oc1ccc(-c2cncn2-c2ccc(C(F)(F)F)cn2)cc1O. The van der Waals surface area contributed by atoms with Gasteiger partial charge in [0.1, 0.15) is 12.1 Å². The number of hydrogen-bond acceptors (Lipinski definition) is 4. The molecule has 23 heavy (non-hydrogen) atoms. The third kappa shape index (κ3) is 2.83. The van der Waals surface area contributed by atoms with Crippen molar-refractivity contribution in [1.29, 1.82) is 0 Å². The van der Waals surface area contributed by atoms with Crippen LogP contribution < -0.4 is 0 Å². The lowest BCUT2D eigenvalue weighted by Gasteiger charge is -2.10. The van der Waals surface area contributed by atoms with Crippen LogP contribution in [0.5, 0.6) is 11.5 Å². The van der Waals surface area contributed by atoms with Crippen LogP contribution in [0.2, 0.25) is 0 Å². The molecule has 0 radical (unpaired) electrons. The van der Waals surface area contributed by atoms with E-state index in [1.54, 1.807) is 6.07 Å². The van der Waals surface area contributed by atoms with Gasteiger partial charge in [0.2, 0.25) is 0 Å². The monoisotopic (exact) mass is 321 g/mol. The van der Waals surface area contributed by atoms with Crippen LogP contribution >= 0.6 is 0 Å². The molecule has 0 aliphatic heterocycles. The van der Waals surface area contributed by atoms with E-state index in [9.17, 15) is 23.4 Å². The Kier molecular flexibility index (Phi) is 3.44. The van der Waals surface area contributed by atoms with Crippen molar-refractivity contribution in [3.63, 3.8) is 0 Å². The molecule has 0 atom stereocenters. The normalized spacial score (nSPS) is 11.6. The van der Waals surface area contributed by atoms with Gasteiger partial charge in [-0.1, -0.05) is 0 Å². The van der Waals surface area contributed by atoms with Gasteiger partial charge < -0.3 is 10.2 Å². The molecule has 8 heteroatoms. The second-order valence-electron chi connectivity index (χ2n) is 4.76. The fourth-order valence-electron chi connectivity index (χ4n) is 2.07. The second-order valence-corrected chi connectivity index (χ2v) is 4.76. The summed E-state index contributed by atoms with van der Waals surface area (Å²) in [5.41, 5.74) is 0.192. The minimum atomic E-state index is -4.45. The number of aromatic hydroxyl groups is 2. The predicted molar refractivity (Wildman–Crippen MR) is 75.1 cm³/mol. The molecular formula is C15H10F3N3O2. The highest BCUT2D eigenvalue weighted by molar-refractivity contribution is 5.65. The number of imidazole rings is 1. The van der Waals surface area contributed by atoms with Gasteiger partial charge in [-0.05, 0) is 30.3 Å². The lowest BCUT2D eigenvalue weighted by Crippen LogP contribution is -2.06. The summed E-state index contributed by atoms with van der Waals surface area (Å²) in [6.45, 7) is 0. The van der Waals surface area contributed by atoms with Crippen molar-refractivity contribution in [2.75, 3.05) is 0 Å². The van der Waals surface area contributed by atoms with E-state index < -0.39 is 11.7 Å². The van der Waals surface area contributed by atoms with Crippen molar-refractivity contribution >= 4 is 0 Å². The van der Waals surface area contributed by atoms with Crippen molar-refractivity contribution in [1.82, 2.24) is 14.5 Å². The molecule has 3 aromatic rings. The zero-order valence-corrected chi connectivity index (χ0v) is 11.5. The Bertz CT molecular complexity index is 842. The number of phenolic OH excluding ortho intramolecular Hbond substituents is 2. The van der Waals surface area contributed by atoms with E-state index in [-0.39, 0.29) is 17.3 Å². The molecule has 0 amide bonds. The van der Waals surface area contributed by atoms with Gasteiger partial charge in [-0.3, -0.25) is 4.57 Å². The third-order valence-electron chi connectivity index (χ3n) is 3.23. The van der Waals surface area contributed by atoms with Crippen LogP contribution in [0.1, 0.15) is 5.56 Å². The number of benzene rings is 1. The molecule has 0 spiro atoms. The molecule has 0 saturated carbocycles. The Morgan fingerprint density at radius 3 is 2.35 bits per heavy atom. The Morgan fingerprint density at radius 2 is 1.74 bits per heavy atom. The van der Waals surface area contributed by atoms with Crippen molar-refractivity contribution in [2.45, 2.75) is 6.18 Å². The number of rotatable bonds is 2. The van der Waals surface area contributed by atoms with Gasteiger partial charge in [0.05, 0.1) is 17.5 Å². The molecule has 0 fully saturated rings. The fourth-order valence-corrected chi connectivity index (χ4v) is 2.07. The molecule has 3 rings (SSSR count). The van der Waals surface area contributed by atoms with Crippen LogP contribution in [0.3, 0.4) is 0 Å². The molecule has 0 unspecified atom stereocenters. The van der Waals surface area contributed by atoms with Crippen molar-refractivity contribution < 1.29 is 23.4 Å². The van der Waals surface area contributed by atoms with Crippen LogP contribution in [0, 0.1) is 0 Å². The maximum Gasteiger partial charge on any atom is 0.417 e. The van der Waals surface area contributed by atoms with Crippen LogP contribution in [0.25, 0.3) is 17.1 Å². The largest absolute Gasteiger partial charge is 0.504 e. The summed E-state index contributed by atoms with van der Waals surface area (Å²) in [5.74, 6) is -0.332. The highest BCUT2D eigenvalue weighted by Crippen LogP contribution is 2.32. The van der Waals surface area contributed by atoms with Gasteiger partial charge in [0.25, 0.3) is 0 Å². The summed E-state index contributed by atoms with van der Waals surface area (Å²) in [4.78, 5) is 7.76. The summed E-state index contributed by atoms with van der Waals surface area (Å²) < 4.78 is 39.2. The first-order valence-electron chi connectivity index (χ1n) is 6.44. The molecule has 118 valence electrons. The summed E-state index contributed by atoms with van der Waals surface area (Å²) in [6, 6.07) is 6.34. The highest BCUT2D eigenvalue weighted by atomic mass is 19.4. The lowest BCUT2D eigenvalue weighted by molar-refractivity contribution is -0.137. The molecule has 0 aliphatic rings. The summed E-state index contributed by atoms with van der Waals surface area (Å²) >= 11 is 0. The average Bonchev–Trinajstić information content (AvgIpc) is 2.99. The molecule has 1 aromatic carbocycles.